The normalized spacial score (nSPS) is 26.2. The average molecular weight is 269 g/mol. The van der Waals surface area contributed by atoms with Gasteiger partial charge in [-0.3, -0.25) is 0 Å². The van der Waals surface area contributed by atoms with Crippen LogP contribution in [-0.4, -0.2) is 38.0 Å². The second-order valence-electron chi connectivity index (χ2n) is 4.88. The van der Waals surface area contributed by atoms with Crippen LogP contribution in [0.2, 0.25) is 0 Å². The zero-order valence-electron chi connectivity index (χ0n) is 11.0. The van der Waals surface area contributed by atoms with Crippen molar-refractivity contribution in [3.63, 3.8) is 0 Å². The van der Waals surface area contributed by atoms with Gasteiger partial charge in [0.05, 0.1) is 17.6 Å². The van der Waals surface area contributed by atoms with Gasteiger partial charge >= 0.3 is 0 Å². The summed E-state index contributed by atoms with van der Waals surface area (Å²) in [4.78, 5) is 0.356. The Morgan fingerprint density at radius 2 is 1.83 bits per heavy atom. The highest BCUT2D eigenvalue weighted by Crippen LogP contribution is 2.22. The summed E-state index contributed by atoms with van der Waals surface area (Å²) in [7, 11) is -3.41. The first-order valence-electron chi connectivity index (χ1n) is 6.11. The maximum atomic E-state index is 12.5. The standard InChI is InChI=1S/C13H19NO3S/c1-10-4-6-13(7-5-10)18(15,16)14-8-12(3)17-9-11(14)2/h4-7,11-12H,8-9H2,1-3H3/t11-,12-/m0/s1. The van der Waals surface area contributed by atoms with Crippen molar-refractivity contribution in [1.29, 1.82) is 0 Å². The summed E-state index contributed by atoms with van der Waals surface area (Å²) in [5.41, 5.74) is 1.05. The molecule has 0 radical (unpaired) electrons. The molecule has 0 spiro atoms. The predicted octanol–water partition coefficient (Wildman–Crippen LogP) is 1.79. The molecule has 0 saturated carbocycles. The zero-order valence-corrected chi connectivity index (χ0v) is 11.8. The molecule has 0 aromatic heterocycles. The van der Waals surface area contributed by atoms with Crippen molar-refractivity contribution in [3.8, 4) is 0 Å². The average Bonchev–Trinajstić information content (AvgIpc) is 2.32. The first kappa shape index (κ1) is 13.5. The maximum Gasteiger partial charge on any atom is 0.243 e. The molecule has 0 N–H and O–H groups in total. The fourth-order valence-electron chi connectivity index (χ4n) is 2.05. The van der Waals surface area contributed by atoms with Gasteiger partial charge in [-0.05, 0) is 32.9 Å². The predicted molar refractivity (Wildman–Crippen MR) is 69.9 cm³/mol. The molecule has 100 valence electrons. The Balaban J connectivity index is 2.32. The van der Waals surface area contributed by atoms with Gasteiger partial charge in [-0.25, -0.2) is 8.42 Å². The fraction of sp³-hybridized carbons (Fsp3) is 0.538. The van der Waals surface area contributed by atoms with Gasteiger partial charge in [0.1, 0.15) is 0 Å². The molecule has 0 unspecified atom stereocenters. The highest BCUT2D eigenvalue weighted by molar-refractivity contribution is 7.89. The van der Waals surface area contributed by atoms with Crippen LogP contribution in [0.3, 0.4) is 0 Å². The number of hydrogen-bond acceptors (Lipinski definition) is 3. The maximum absolute atomic E-state index is 12.5. The SMILES string of the molecule is Cc1ccc(S(=O)(=O)N2C[C@H](C)OC[C@@H]2C)cc1. The molecule has 0 aliphatic carbocycles. The van der Waals surface area contributed by atoms with Crippen molar-refractivity contribution in [2.45, 2.75) is 37.8 Å². The van der Waals surface area contributed by atoms with Crippen molar-refractivity contribution in [1.82, 2.24) is 4.31 Å². The third-order valence-electron chi connectivity index (χ3n) is 3.18. The van der Waals surface area contributed by atoms with Gasteiger partial charge in [-0.15, -0.1) is 0 Å². The lowest BCUT2D eigenvalue weighted by atomic mass is 10.2. The van der Waals surface area contributed by atoms with Crippen LogP contribution in [0.5, 0.6) is 0 Å². The highest BCUT2D eigenvalue weighted by Gasteiger charge is 2.33. The van der Waals surface area contributed by atoms with Gasteiger partial charge in [-0.1, -0.05) is 17.7 Å². The topological polar surface area (TPSA) is 46.6 Å². The van der Waals surface area contributed by atoms with Gasteiger partial charge in [-0.2, -0.15) is 4.31 Å². The summed E-state index contributed by atoms with van der Waals surface area (Å²) in [5, 5.41) is 0. The van der Waals surface area contributed by atoms with Crippen molar-refractivity contribution in [2.75, 3.05) is 13.2 Å². The van der Waals surface area contributed by atoms with Gasteiger partial charge < -0.3 is 4.74 Å². The second kappa shape index (κ2) is 4.99. The summed E-state index contributed by atoms with van der Waals surface area (Å²) < 4.78 is 32.0. The molecule has 18 heavy (non-hydrogen) atoms. The molecule has 4 nitrogen and oxygen atoms in total. The van der Waals surface area contributed by atoms with E-state index >= 15 is 0 Å². The number of nitrogens with zero attached hydrogens (tertiary/aromatic N) is 1. The minimum atomic E-state index is -3.41. The molecule has 0 bridgehead atoms. The number of sulfonamides is 1. The van der Waals surface area contributed by atoms with Gasteiger partial charge in [0.25, 0.3) is 0 Å². The van der Waals surface area contributed by atoms with Crippen molar-refractivity contribution >= 4 is 10.0 Å². The van der Waals surface area contributed by atoms with Crippen LogP contribution in [0, 0.1) is 6.92 Å². The zero-order chi connectivity index (χ0) is 13.3. The lowest BCUT2D eigenvalue weighted by Crippen LogP contribution is -2.50. The number of morpholine rings is 1. The first-order chi connectivity index (χ1) is 8.41. The molecule has 1 fully saturated rings. The Bertz CT molecular complexity index is 510. The minimum Gasteiger partial charge on any atom is -0.375 e. The van der Waals surface area contributed by atoms with Crippen molar-refractivity contribution in [3.05, 3.63) is 29.8 Å². The molecular formula is C13H19NO3S. The second-order valence-corrected chi connectivity index (χ2v) is 6.77. The fourth-order valence-corrected chi connectivity index (χ4v) is 3.75. The lowest BCUT2D eigenvalue weighted by Gasteiger charge is -2.35. The van der Waals surface area contributed by atoms with Crippen LogP contribution < -0.4 is 0 Å². The van der Waals surface area contributed by atoms with E-state index in [1.165, 1.54) is 4.31 Å². The van der Waals surface area contributed by atoms with Gasteiger partial charge in [0.2, 0.25) is 10.0 Å². The molecule has 1 saturated heterocycles. The smallest absolute Gasteiger partial charge is 0.243 e. The summed E-state index contributed by atoms with van der Waals surface area (Å²) in [5.74, 6) is 0. The van der Waals surface area contributed by atoms with E-state index in [1.54, 1.807) is 12.1 Å². The van der Waals surface area contributed by atoms with E-state index in [0.717, 1.165) is 5.56 Å². The highest BCUT2D eigenvalue weighted by atomic mass is 32.2. The largest absolute Gasteiger partial charge is 0.375 e. The summed E-state index contributed by atoms with van der Waals surface area (Å²) in [6, 6.07) is 6.85. The van der Waals surface area contributed by atoms with Crippen LogP contribution in [0.4, 0.5) is 0 Å². The monoisotopic (exact) mass is 269 g/mol. The third kappa shape index (κ3) is 2.58. The van der Waals surface area contributed by atoms with E-state index in [9.17, 15) is 8.42 Å². The molecule has 2 atom stereocenters. The van der Waals surface area contributed by atoms with E-state index in [2.05, 4.69) is 0 Å². The molecule has 1 aliphatic heterocycles. The quantitative estimate of drug-likeness (QED) is 0.822. The molecule has 1 aromatic rings. The lowest BCUT2D eigenvalue weighted by molar-refractivity contribution is -0.0170. The van der Waals surface area contributed by atoms with Gasteiger partial charge in [0, 0.05) is 12.6 Å². The van der Waals surface area contributed by atoms with Crippen LogP contribution in [0.1, 0.15) is 19.4 Å². The Morgan fingerprint density at radius 3 is 2.44 bits per heavy atom. The molecule has 2 rings (SSSR count). The number of hydrogen-bond donors (Lipinski definition) is 0. The summed E-state index contributed by atoms with van der Waals surface area (Å²) in [6.45, 7) is 6.57. The molecule has 1 aromatic carbocycles. The van der Waals surface area contributed by atoms with E-state index in [1.807, 2.05) is 32.9 Å². The third-order valence-corrected chi connectivity index (χ3v) is 5.17. The van der Waals surface area contributed by atoms with Crippen LogP contribution in [-0.2, 0) is 14.8 Å². The number of ether oxygens (including phenoxy) is 1. The van der Waals surface area contributed by atoms with E-state index in [0.29, 0.717) is 18.0 Å². The number of aryl methyl sites for hydroxylation is 1. The summed E-state index contributed by atoms with van der Waals surface area (Å²) >= 11 is 0. The van der Waals surface area contributed by atoms with Crippen LogP contribution >= 0.6 is 0 Å². The number of rotatable bonds is 2. The van der Waals surface area contributed by atoms with E-state index in [-0.39, 0.29) is 12.1 Å². The Kier molecular flexibility index (Phi) is 3.75. The molecular weight excluding hydrogens is 250 g/mol. The molecule has 0 amide bonds. The molecule has 1 heterocycles. The molecule has 1 aliphatic rings. The van der Waals surface area contributed by atoms with Crippen LogP contribution in [0.25, 0.3) is 0 Å². The van der Waals surface area contributed by atoms with Crippen molar-refractivity contribution < 1.29 is 13.2 Å². The van der Waals surface area contributed by atoms with Crippen LogP contribution in [0.15, 0.2) is 29.2 Å². The number of benzene rings is 1. The Labute approximate surface area is 109 Å². The first-order valence-corrected chi connectivity index (χ1v) is 7.55. The molecule has 5 heteroatoms. The summed E-state index contributed by atoms with van der Waals surface area (Å²) in [6.07, 6.45) is -0.0542. The van der Waals surface area contributed by atoms with E-state index in [4.69, 9.17) is 4.74 Å². The Morgan fingerprint density at radius 1 is 1.22 bits per heavy atom. The Hall–Kier alpha value is -0.910. The van der Waals surface area contributed by atoms with E-state index < -0.39 is 10.0 Å². The van der Waals surface area contributed by atoms with Gasteiger partial charge in [0.15, 0.2) is 0 Å². The van der Waals surface area contributed by atoms with Crippen molar-refractivity contribution in [2.24, 2.45) is 0 Å². The minimum absolute atomic E-state index is 0.0542.